The number of amides is 3. The average molecular weight is 210 g/mol. The molecule has 0 saturated carbocycles. The Labute approximate surface area is 87.4 Å². The van der Waals surface area contributed by atoms with Crippen molar-refractivity contribution < 1.29 is 9.59 Å². The number of carbonyl (C=O) groups excluding carboxylic acids is 2. The molecule has 82 valence electrons. The van der Waals surface area contributed by atoms with Crippen molar-refractivity contribution in [3.63, 3.8) is 0 Å². The lowest BCUT2D eigenvalue weighted by molar-refractivity contribution is 0.0956. The van der Waals surface area contributed by atoms with Crippen LogP contribution < -0.4 is 11.1 Å². The van der Waals surface area contributed by atoms with Crippen molar-refractivity contribution in [1.29, 1.82) is 0 Å². The number of imide groups is 1. The lowest BCUT2D eigenvalue weighted by atomic mass is 10.3. The first-order valence-electron chi connectivity index (χ1n) is 4.76. The van der Waals surface area contributed by atoms with E-state index in [4.69, 9.17) is 5.73 Å². The first kappa shape index (κ1) is 11.2. The second kappa shape index (κ2) is 4.59. The molecule has 3 N–H and O–H groups in total. The molecular weight excluding hydrogens is 196 g/mol. The summed E-state index contributed by atoms with van der Waals surface area (Å²) in [7, 11) is 0. The molecule has 0 spiro atoms. The zero-order chi connectivity index (χ0) is 11.4. The van der Waals surface area contributed by atoms with Gasteiger partial charge in [0.2, 0.25) is 0 Å². The zero-order valence-electron chi connectivity index (χ0n) is 8.78. The maximum Gasteiger partial charge on any atom is 0.319 e. The van der Waals surface area contributed by atoms with Gasteiger partial charge in [-0.05, 0) is 19.4 Å². The normalized spacial score (nSPS) is 10.0. The summed E-state index contributed by atoms with van der Waals surface area (Å²) in [4.78, 5) is 22.0. The van der Waals surface area contributed by atoms with E-state index in [1.54, 1.807) is 6.07 Å². The van der Waals surface area contributed by atoms with Crippen molar-refractivity contribution in [2.24, 2.45) is 5.73 Å². The largest absolute Gasteiger partial charge is 0.351 e. The number of primary amides is 1. The van der Waals surface area contributed by atoms with Crippen LogP contribution in [0.25, 0.3) is 0 Å². The number of rotatable bonds is 3. The summed E-state index contributed by atoms with van der Waals surface area (Å²) in [6.45, 7) is 4.38. The smallest absolute Gasteiger partial charge is 0.319 e. The summed E-state index contributed by atoms with van der Waals surface area (Å²) in [5.41, 5.74) is 6.03. The van der Waals surface area contributed by atoms with Crippen LogP contribution in [0.15, 0.2) is 6.07 Å². The molecule has 0 aromatic carbocycles. The summed E-state index contributed by atoms with van der Waals surface area (Å²) >= 11 is 0. The van der Waals surface area contributed by atoms with E-state index in [1.807, 2.05) is 19.2 Å². The van der Waals surface area contributed by atoms with Crippen LogP contribution in [0.2, 0.25) is 0 Å². The van der Waals surface area contributed by atoms with E-state index in [2.05, 4.69) is 5.10 Å². The van der Waals surface area contributed by atoms with Crippen LogP contribution in [0.4, 0.5) is 4.79 Å². The molecule has 1 rings (SSSR count). The molecule has 1 aromatic rings. The summed E-state index contributed by atoms with van der Waals surface area (Å²) < 4.78 is 1.54. The SMILES string of the molecule is CCc1cc(C(=O)NC(N)=O)n(CC)n1. The number of nitrogens with zero attached hydrogens (tertiary/aromatic N) is 2. The molecule has 0 saturated heterocycles. The minimum absolute atomic E-state index is 0.355. The molecule has 0 unspecified atom stereocenters. The van der Waals surface area contributed by atoms with Gasteiger partial charge < -0.3 is 5.73 Å². The van der Waals surface area contributed by atoms with Gasteiger partial charge in [-0.2, -0.15) is 5.10 Å². The minimum atomic E-state index is -0.859. The highest BCUT2D eigenvalue weighted by molar-refractivity contribution is 6.02. The lowest BCUT2D eigenvalue weighted by Crippen LogP contribution is -2.36. The second-order valence-corrected chi connectivity index (χ2v) is 3.01. The van der Waals surface area contributed by atoms with Gasteiger partial charge in [-0.3, -0.25) is 14.8 Å². The fraction of sp³-hybridized carbons (Fsp3) is 0.444. The molecule has 6 heteroatoms. The van der Waals surface area contributed by atoms with Gasteiger partial charge in [0.1, 0.15) is 5.69 Å². The zero-order valence-corrected chi connectivity index (χ0v) is 8.78. The summed E-state index contributed by atoms with van der Waals surface area (Å²) in [5.74, 6) is -0.517. The van der Waals surface area contributed by atoms with Gasteiger partial charge in [0, 0.05) is 6.54 Å². The van der Waals surface area contributed by atoms with E-state index in [0.29, 0.717) is 12.2 Å². The summed E-state index contributed by atoms with van der Waals surface area (Å²) in [5, 5.41) is 6.19. The molecule has 15 heavy (non-hydrogen) atoms. The minimum Gasteiger partial charge on any atom is -0.351 e. The number of hydrogen-bond donors (Lipinski definition) is 2. The summed E-state index contributed by atoms with van der Waals surface area (Å²) in [6.07, 6.45) is 0.740. The van der Waals surface area contributed by atoms with Crippen molar-refractivity contribution in [1.82, 2.24) is 15.1 Å². The quantitative estimate of drug-likeness (QED) is 0.750. The van der Waals surface area contributed by atoms with Gasteiger partial charge in [-0.1, -0.05) is 6.92 Å². The Bertz CT molecular complexity index is 383. The predicted molar refractivity (Wildman–Crippen MR) is 54.3 cm³/mol. The highest BCUT2D eigenvalue weighted by atomic mass is 16.2. The second-order valence-electron chi connectivity index (χ2n) is 3.01. The van der Waals surface area contributed by atoms with Crippen molar-refractivity contribution in [2.45, 2.75) is 26.8 Å². The van der Waals surface area contributed by atoms with Crippen LogP contribution in [0, 0.1) is 0 Å². The highest BCUT2D eigenvalue weighted by Gasteiger charge is 2.14. The third-order valence-electron chi connectivity index (χ3n) is 1.96. The van der Waals surface area contributed by atoms with Crippen LogP contribution in [0.3, 0.4) is 0 Å². The molecule has 0 radical (unpaired) electrons. The molecule has 0 bridgehead atoms. The molecule has 0 fully saturated rings. The Morgan fingerprint density at radius 2 is 2.20 bits per heavy atom. The number of aryl methyl sites for hydroxylation is 2. The molecule has 6 nitrogen and oxygen atoms in total. The van der Waals surface area contributed by atoms with E-state index < -0.39 is 11.9 Å². The van der Waals surface area contributed by atoms with Gasteiger partial charge in [0.05, 0.1) is 5.69 Å². The molecule has 3 amide bonds. The van der Waals surface area contributed by atoms with Crippen LogP contribution >= 0.6 is 0 Å². The van der Waals surface area contributed by atoms with Gasteiger partial charge in [-0.25, -0.2) is 4.79 Å². The van der Waals surface area contributed by atoms with Crippen molar-refractivity contribution >= 4 is 11.9 Å². The first-order valence-corrected chi connectivity index (χ1v) is 4.76. The standard InChI is InChI=1S/C9H14N4O2/c1-3-6-5-7(13(4-2)12-6)8(14)11-9(10)15/h5H,3-4H2,1-2H3,(H3,10,11,14,15). The van der Waals surface area contributed by atoms with Gasteiger partial charge >= 0.3 is 6.03 Å². The maximum absolute atomic E-state index is 11.5. The van der Waals surface area contributed by atoms with E-state index >= 15 is 0 Å². The molecule has 0 atom stereocenters. The number of aromatic nitrogens is 2. The topological polar surface area (TPSA) is 90.0 Å². The molecule has 0 aliphatic rings. The average Bonchev–Trinajstić information content (AvgIpc) is 2.59. The molecule has 0 aliphatic heterocycles. The monoisotopic (exact) mass is 210 g/mol. The Balaban J connectivity index is 2.96. The first-order chi connectivity index (χ1) is 7.08. The van der Waals surface area contributed by atoms with Crippen LogP contribution in [0.5, 0.6) is 0 Å². The lowest BCUT2D eigenvalue weighted by Gasteiger charge is -2.02. The van der Waals surface area contributed by atoms with Crippen molar-refractivity contribution in [3.8, 4) is 0 Å². The fourth-order valence-corrected chi connectivity index (χ4v) is 1.24. The number of nitrogens with one attached hydrogen (secondary N) is 1. The number of hydrogen-bond acceptors (Lipinski definition) is 3. The Kier molecular flexibility index (Phi) is 3.43. The van der Waals surface area contributed by atoms with Gasteiger partial charge in [0.15, 0.2) is 0 Å². The van der Waals surface area contributed by atoms with Crippen molar-refractivity contribution in [2.75, 3.05) is 0 Å². The van der Waals surface area contributed by atoms with Crippen LogP contribution in [-0.4, -0.2) is 21.7 Å². The molecule has 1 aromatic heterocycles. The highest BCUT2D eigenvalue weighted by Crippen LogP contribution is 2.05. The van der Waals surface area contributed by atoms with E-state index in [9.17, 15) is 9.59 Å². The Morgan fingerprint density at radius 1 is 1.53 bits per heavy atom. The molecule has 1 heterocycles. The third-order valence-corrected chi connectivity index (χ3v) is 1.96. The van der Waals surface area contributed by atoms with E-state index in [-0.39, 0.29) is 0 Å². The molecular formula is C9H14N4O2. The van der Waals surface area contributed by atoms with E-state index in [1.165, 1.54) is 4.68 Å². The maximum atomic E-state index is 11.5. The van der Waals surface area contributed by atoms with Gasteiger partial charge in [-0.15, -0.1) is 0 Å². The Hall–Kier alpha value is -1.85. The number of nitrogens with two attached hydrogens (primary N) is 1. The van der Waals surface area contributed by atoms with Crippen molar-refractivity contribution in [3.05, 3.63) is 17.5 Å². The number of urea groups is 1. The van der Waals surface area contributed by atoms with E-state index in [0.717, 1.165) is 12.1 Å². The third kappa shape index (κ3) is 2.55. The van der Waals surface area contributed by atoms with Gasteiger partial charge in [0.25, 0.3) is 5.91 Å². The predicted octanol–water partition coefficient (Wildman–Crippen LogP) is 0.274. The van der Waals surface area contributed by atoms with Crippen LogP contribution in [0.1, 0.15) is 30.0 Å². The van der Waals surface area contributed by atoms with Crippen LogP contribution in [-0.2, 0) is 13.0 Å². The Morgan fingerprint density at radius 3 is 2.67 bits per heavy atom. The number of carbonyl (C=O) groups is 2. The molecule has 0 aliphatic carbocycles. The summed E-state index contributed by atoms with van der Waals surface area (Å²) in [6, 6.07) is 0.795. The fourth-order valence-electron chi connectivity index (χ4n) is 1.24.